The van der Waals surface area contributed by atoms with Gasteiger partial charge in [0.05, 0.1) is 5.41 Å². The summed E-state index contributed by atoms with van der Waals surface area (Å²) < 4.78 is 0. The molecule has 19 heavy (non-hydrogen) atoms. The van der Waals surface area contributed by atoms with E-state index in [1.165, 1.54) is 25.7 Å². The van der Waals surface area contributed by atoms with Gasteiger partial charge in [0.15, 0.2) is 0 Å². The molecule has 0 aromatic heterocycles. The Morgan fingerprint density at radius 2 is 2.00 bits per heavy atom. The summed E-state index contributed by atoms with van der Waals surface area (Å²) in [6.07, 6.45) is 5.26. The van der Waals surface area contributed by atoms with E-state index in [1.807, 2.05) is 0 Å². The number of carbonyl (C=O) groups is 2. The number of fused-ring (bicyclic) bond motifs is 2. The largest absolute Gasteiger partial charge is 0.481 e. The molecule has 2 fully saturated rings. The average Bonchev–Trinajstić information content (AvgIpc) is 2.89. The second-order valence-corrected chi connectivity index (χ2v) is 7.06. The first-order valence-electron chi connectivity index (χ1n) is 7.32. The molecule has 0 aromatic rings. The molecule has 0 saturated heterocycles. The van der Waals surface area contributed by atoms with Crippen LogP contribution in [0.25, 0.3) is 0 Å². The highest BCUT2D eigenvalue weighted by Gasteiger charge is 2.42. The van der Waals surface area contributed by atoms with Crippen molar-refractivity contribution in [3.63, 3.8) is 0 Å². The minimum absolute atomic E-state index is 0.0491. The van der Waals surface area contributed by atoms with Gasteiger partial charge in [-0.25, -0.2) is 0 Å². The molecule has 0 aromatic carbocycles. The van der Waals surface area contributed by atoms with E-state index >= 15 is 0 Å². The number of hydrogen-bond donors (Lipinski definition) is 2. The van der Waals surface area contributed by atoms with Crippen LogP contribution >= 0.6 is 0 Å². The van der Waals surface area contributed by atoms with Gasteiger partial charge in [0.1, 0.15) is 0 Å². The third-order valence-corrected chi connectivity index (χ3v) is 5.01. The van der Waals surface area contributed by atoms with Gasteiger partial charge < -0.3 is 10.4 Å². The van der Waals surface area contributed by atoms with Gasteiger partial charge in [-0.2, -0.15) is 0 Å². The van der Waals surface area contributed by atoms with Gasteiger partial charge >= 0.3 is 5.97 Å². The summed E-state index contributed by atoms with van der Waals surface area (Å²) in [6.45, 7) is 5.26. The van der Waals surface area contributed by atoms with Crippen LogP contribution in [0, 0.1) is 23.2 Å². The Kier molecular flexibility index (Phi) is 3.88. The molecule has 1 amide bonds. The molecular formula is C15H25NO3. The number of hydrogen-bond acceptors (Lipinski definition) is 2. The first-order chi connectivity index (χ1) is 8.79. The standard InChI is InChI=1S/C15H25NO3/c1-9(12-7-10-4-5-11(12)6-10)16-13(17)8-15(2,3)14(18)19/h9-12H,4-8H2,1-3H3,(H,16,17)(H,18,19). The van der Waals surface area contributed by atoms with Crippen molar-refractivity contribution in [3.05, 3.63) is 0 Å². The van der Waals surface area contributed by atoms with E-state index in [1.54, 1.807) is 13.8 Å². The van der Waals surface area contributed by atoms with Crippen molar-refractivity contribution in [2.45, 2.75) is 58.9 Å². The minimum Gasteiger partial charge on any atom is -0.481 e. The van der Waals surface area contributed by atoms with Crippen LogP contribution in [0.2, 0.25) is 0 Å². The Morgan fingerprint density at radius 3 is 2.47 bits per heavy atom. The summed E-state index contributed by atoms with van der Waals surface area (Å²) >= 11 is 0. The number of carboxylic acids is 1. The Morgan fingerprint density at radius 1 is 1.32 bits per heavy atom. The van der Waals surface area contributed by atoms with Crippen LogP contribution < -0.4 is 5.32 Å². The fourth-order valence-corrected chi connectivity index (χ4v) is 3.80. The highest BCUT2D eigenvalue weighted by atomic mass is 16.4. The Bertz CT molecular complexity index is 378. The van der Waals surface area contributed by atoms with Crippen molar-refractivity contribution in [2.75, 3.05) is 0 Å². The molecule has 2 aliphatic rings. The van der Waals surface area contributed by atoms with Crippen molar-refractivity contribution >= 4 is 11.9 Å². The zero-order valence-corrected chi connectivity index (χ0v) is 12.1. The first-order valence-corrected chi connectivity index (χ1v) is 7.32. The van der Waals surface area contributed by atoms with Gasteiger partial charge in [-0.1, -0.05) is 6.42 Å². The second kappa shape index (κ2) is 5.14. The predicted molar refractivity (Wildman–Crippen MR) is 72.6 cm³/mol. The van der Waals surface area contributed by atoms with E-state index in [2.05, 4.69) is 12.2 Å². The van der Waals surface area contributed by atoms with E-state index in [0.29, 0.717) is 5.92 Å². The molecule has 4 heteroatoms. The predicted octanol–water partition coefficient (Wildman–Crippen LogP) is 2.43. The maximum atomic E-state index is 12.0. The zero-order chi connectivity index (χ0) is 14.2. The molecule has 4 nitrogen and oxygen atoms in total. The summed E-state index contributed by atoms with van der Waals surface area (Å²) in [6, 6.07) is 0.174. The van der Waals surface area contributed by atoms with Gasteiger partial charge in [0.25, 0.3) is 0 Å². The number of nitrogens with one attached hydrogen (secondary N) is 1. The van der Waals surface area contributed by atoms with Gasteiger partial charge in [0, 0.05) is 12.5 Å². The summed E-state index contributed by atoms with van der Waals surface area (Å²) in [7, 11) is 0. The molecule has 108 valence electrons. The molecule has 0 spiro atoms. The van der Waals surface area contributed by atoms with Crippen molar-refractivity contribution in [2.24, 2.45) is 23.2 Å². The highest BCUT2D eigenvalue weighted by Crippen LogP contribution is 2.49. The Hall–Kier alpha value is -1.06. The smallest absolute Gasteiger partial charge is 0.309 e. The lowest BCUT2D eigenvalue weighted by Gasteiger charge is -2.29. The Balaban J connectivity index is 1.84. The SMILES string of the molecule is CC(NC(=O)CC(C)(C)C(=O)O)C1CC2CCC1C2. The van der Waals surface area contributed by atoms with Crippen LogP contribution in [-0.4, -0.2) is 23.0 Å². The maximum absolute atomic E-state index is 12.0. The molecule has 2 bridgehead atoms. The summed E-state index contributed by atoms with van der Waals surface area (Å²) in [5, 5.41) is 12.1. The number of amides is 1. The van der Waals surface area contributed by atoms with Crippen molar-refractivity contribution < 1.29 is 14.7 Å². The molecule has 2 aliphatic carbocycles. The fourth-order valence-electron chi connectivity index (χ4n) is 3.80. The zero-order valence-electron chi connectivity index (χ0n) is 12.1. The van der Waals surface area contributed by atoms with Crippen molar-refractivity contribution in [1.82, 2.24) is 5.32 Å². The number of carboxylic acid groups (broad SMARTS) is 1. The molecule has 0 radical (unpaired) electrons. The summed E-state index contributed by atoms with van der Waals surface area (Å²) in [5.41, 5.74) is -0.988. The topological polar surface area (TPSA) is 66.4 Å². The van der Waals surface area contributed by atoms with Crippen LogP contribution in [-0.2, 0) is 9.59 Å². The van der Waals surface area contributed by atoms with Crippen LogP contribution in [0.4, 0.5) is 0 Å². The van der Waals surface area contributed by atoms with E-state index < -0.39 is 11.4 Å². The van der Waals surface area contributed by atoms with E-state index in [-0.39, 0.29) is 18.4 Å². The summed E-state index contributed by atoms with van der Waals surface area (Å²) in [5.74, 6) is 1.17. The first kappa shape index (κ1) is 14.4. The van der Waals surface area contributed by atoms with Gasteiger partial charge in [0.2, 0.25) is 5.91 Å². The number of carbonyl (C=O) groups excluding carboxylic acids is 1. The third kappa shape index (κ3) is 3.10. The maximum Gasteiger partial charge on any atom is 0.309 e. The molecule has 2 N–H and O–H groups in total. The summed E-state index contributed by atoms with van der Waals surface area (Å²) in [4.78, 5) is 23.0. The third-order valence-electron chi connectivity index (χ3n) is 5.01. The van der Waals surface area contributed by atoms with Crippen LogP contribution in [0.3, 0.4) is 0 Å². The molecule has 4 atom stereocenters. The Labute approximate surface area is 115 Å². The van der Waals surface area contributed by atoms with E-state index in [9.17, 15) is 9.59 Å². The molecule has 4 unspecified atom stereocenters. The average molecular weight is 267 g/mol. The lowest BCUT2D eigenvalue weighted by molar-refractivity contribution is -0.149. The quantitative estimate of drug-likeness (QED) is 0.804. The van der Waals surface area contributed by atoms with Crippen LogP contribution in [0.1, 0.15) is 52.9 Å². The molecule has 0 heterocycles. The lowest BCUT2D eigenvalue weighted by Crippen LogP contribution is -2.42. The van der Waals surface area contributed by atoms with E-state index in [4.69, 9.17) is 5.11 Å². The van der Waals surface area contributed by atoms with Crippen LogP contribution in [0.5, 0.6) is 0 Å². The fraction of sp³-hybridized carbons (Fsp3) is 0.867. The van der Waals surface area contributed by atoms with Gasteiger partial charge in [-0.15, -0.1) is 0 Å². The minimum atomic E-state index is -0.988. The molecular weight excluding hydrogens is 242 g/mol. The van der Waals surface area contributed by atoms with Gasteiger partial charge in [-0.3, -0.25) is 9.59 Å². The normalized spacial score (nSPS) is 31.2. The van der Waals surface area contributed by atoms with Crippen LogP contribution in [0.15, 0.2) is 0 Å². The monoisotopic (exact) mass is 267 g/mol. The second-order valence-electron chi connectivity index (χ2n) is 7.06. The lowest BCUT2D eigenvalue weighted by atomic mass is 9.83. The molecule has 2 saturated carbocycles. The van der Waals surface area contributed by atoms with Crippen molar-refractivity contribution in [3.8, 4) is 0 Å². The number of aliphatic carboxylic acids is 1. The van der Waals surface area contributed by atoms with Gasteiger partial charge in [-0.05, 0) is 57.8 Å². The molecule has 2 rings (SSSR count). The molecule has 0 aliphatic heterocycles. The van der Waals surface area contributed by atoms with E-state index in [0.717, 1.165) is 11.8 Å². The number of rotatable bonds is 5. The highest BCUT2D eigenvalue weighted by molar-refractivity contribution is 5.84. The van der Waals surface area contributed by atoms with Crippen molar-refractivity contribution in [1.29, 1.82) is 0 Å².